The van der Waals surface area contributed by atoms with Crippen LogP contribution in [0.25, 0.3) is 0 Å². The highest BCUT2D eigenvalue weighted by atomic mass is 32.1. The summed E-state index contributed by atoms with van der Waals surface area (Å²) in [7, 11) is 0. The number of hydrogen-bond acceptors (Lipinski definition) is 6. The van der Waals surface area contributed by atoms with E-state index in [2.05, 4.69) is 34.1 Å². The highest BCUT2D eigenvalue weighted by Gasteiger charge is 2.08. The SMILES string of the molecule is CC(C)c1csc(Nc2ncncc2C#N)n1. The minimum Gasteiger partial charge on any atom is -0.315 e. The molecule has 0 aliphatic carbocycles. The zero-order valence-corrected chi connectivity index (χ0v) is 10.3. The topological polar surface area (TPSA) is 74.5 Å². The van der Waals surface area contributed by atoms with Crippen LogP contribution in [0.5, 0.6) is 0 Å². The van der Waals surface area contributed by atoms with Gasteiger partial charge >= 0.3 is 0 Å². The number of rotatable bonds is 3. The molecule has 0 amide bonds. The largest absolute Gasteiger partial charge is 0.315 e. The second-order valence-corrected chi connectivity index (χ2v) is 4.61. The summed E-state index contributed by atoms with van der Waals surface area (Å²) in [5.41, 5.74) is 1.44. The molecule has 0 radical (unpaired) electrons. The van der Waals surface area contributed by atoms with Crippen molar-refractivity contribution in [3.8, 4) is 6.07 Å². The molecule has 2 aromatic rings. The van der Waals surface area contributed by atoms with Crippen molar-refractivity contribution in [3.05, 3.63) is 29.2 Å². The summed E-state index contributed by atoms with van der Waals surface area (Å²) in [4.78, 5) is 12.2. The fraction of sp³-hybridized carbons (Fsp3) is 0.273. The van der Waals surface area contributed by atoms with Crippen LogP contribution in [0, 0.1) is 11.3 Å². The summed E-state index contributed by atoms with van der Waals surface area (Å²) in [6, 6.07) is 2.03. The van der Waals surface area contributed by atoms with Crippen molar-refractivity contribution in [2.45, 2.75) is 19.8 Å². The molecule has 1 N–H and O–H groups in total. The molecule has 0 spiro atoms. The number of nitrogens with one attached hydrogen (secondary N) is 1. The first-order valence-electron chi connectivity index (χ1n) is 5.13. The smallest absolute Gasteiger partial charge is 0.188 e. The van der Waals surface area contributed by atoms with Gasteiger partial charge < -0.3 is 5.32 Å². The van der Waals surface area contributed by atoms with Gasteiger partial charge in [0, 0.05) is 5.38 Å². The summed E-state index contributed by atoms with van der Waals surface area (Å²) in [6.07, 6.45) is 2.88. The Hall–Kier alpha value is -2.00. The third-order valence-electron chi connectivity index (χ3n) is 2.17. The third kappa shape index (κ3) is 2.57. The molecule has 0 unspecified atom stereocenters. The molecule has 0 fully saturated rings. The van der Waals surface area contributed by atoms with E-state index in [-0.39, 0.29) is 0 Å². The van der Waals surface area contributed by atoms with Crippen LogP contribution < -0.4 is 5.32 Å². The van der Waals surface area contributed by atoms with E-state index >= 15 is 0 Å². The minimum absolute atomic E-state index is 0.391. The van der Waals surface area contributed by atoms with Gasteiger partial charge in [-0.05, 0) is 5.92 Å². The molecule has 0 atom stereocenters. The second kappa shape index (κ2) is 4.89. The molecule has 86 valence electrons. The van der Waals surface area contributed by atoms with Gasteiger partial charge in [0.05, 0.1) is 11.9 Å². The van der Waals surface area contributed by atoms with Crippen LogP contribution in [0.3, 0.4) is 0 Å². The number of nitriles is 1. The Morgan fingerprint density at radius 1 is 1.47 bits per heavy atom. The van der Waals surface area contributed by atoms with E-state index in [1.54, 1.807) is 0 Å². The summed E-state index contributed by atoms with van der Waals surface area (Å²) in [6.45, 7) is 4.18. The van der Waals surface area contributed by atoms with Crippen LogP contribution >= 0.6 is 11.3 Å². The molecule has 0 bridgehead atoms. The number of anilines is 2. The molecule has 6 heteroatoms. The quantitative estimate of drug-likeness (QED) is 0.899. The van der Waals surface area contributed by atoms with Crippen LogP contribution in [-0.2, 0) is 0 Å². The van der Waals surface area contributed by atoms with Crippen molar-refractivity contribution in [1.82, 2.24) is 15.0 Å². The lowest BCUT2D eigenvalue weighted by atomic mass is 10.2. The van der Waals surface area contributed by atoms with E-state index < -0.39 is 0 Å². The summed E-state index contributed by atoms with van der Waals surface area (Å²) >= 11 is 1.50. The van der Waals surface area contributed by atoms with Crippen LogP contribution in [0.2, 0.25) is 0 Å². The van der Waals surface area contributed by atoms with Crippen LogP contribution in [0.4, 0.5) is 10.9 Å². The number of thiazole rings is 1. The molecule has 2 aromatic heterocycles. The summed E-state index contributed by atoms with van der Waals surface area (Å²) < 4.78 is 0. The van der Waals surface area contributed by atoms with Gasteiger partial charge in [-0.2, -0.15) is 5.26 Å². The fourth-order valence-corrected chi connectivity index (χ4v) is 2.09. The molecule has 2 rings (SSSR count). The second-order valence-electron chi connectivity index (χ2n) is 3.75. The van der Waals surface area contributed by atoms with Gasteiger partial charge in [0.1, 0.15) is 18.0 Å². The summed E-state index contributed by atoms with van der Waals surface area (Å²) in [5, 5.41) is 14.7. The van der Waals surface area contributed by atoms with Crippen molar-refractivity contribution in [1.29, 1.82) is 5.26 Å². The van der Waals surface area contributed by atoms with Crippen molar-refractivity contribution in [2.24, 2.45) is 0 Å². The first-order chi connectivity index (χ1) is 8.20. The van der Waals surface area contributed by atoms with Crippen LogP contribution in [-0.4, -0.2) is 15.0 Å². The average molecular weight is 245 g/mol. The normalized spacial score (nSPS) is 10.2. The Bertz CT molecular complexity index is 555. The molecular weight excluding hydrogens is 234 g/mol. The lowest BCUT2D eigenvalue weighted by Crippen LogP contribution is -1.97. The zero-order chi connectivity index (χ0) is 12.3. The van der Waals surface area contributed by atoms with Gasteiger partial charge in [-0.25, -0.2) is 15.0 Å². The Kier molecular flexibility index (Phi) is 3.30. The average Bonchev–Trinajstić information content (AvgIpc) is 2.78. The van der Waals surface area contributed by atoms with Crippen LogP contribution in [0.1, 0.15) is 31.0 Å². The molecular formula is C11H11N5S. The molecule has 17 heavy (non-hydrogen) atoms. The monoisotopic (exact) mass is 245 g/mol. The summed E-state index contributed by atoms with van der Waals surface area (Å²) in [5.74, 6) is 0.884. The molecule has 0 aliphatic rings. The molecule has 0 saturated heterocycles. The maximum Gasteiger partial charge on any atom is 0.188 e. The van der Waals surface area contributed by atoms with Gasteiger partial charge in [0.15, 0.2) is 10.9 Å². The number of hydrogen-bond donors (Lipinski definition) is 1. The molecule has 0 saturated carbocycles. The highest BCUT2D eigenvalue weighted by molar-refractivity contribution is 7.13. The van der Waals surface area contributed by atoms with Gasteiger partial charge in [-0.1, -0.05) is 13.8 Å². The van der Waals surface area contributed by atoms with Crippen molar-refractivity contribution in [3.63, 3.8) is 0 Å². The van der Waals surface area contributed by atoms with E-state index in [9.17, 15) is 0 Å². The Morgan fingerprint density at radius 3 is 2.94 bits per heavy atom. The van der Waals surface area contributed by atoms with Crippen molar-refractivity contribution >= 4 is 22.3 Å². The lowest BCUT2D eigenvalue weighted by Gasteiger charge is -2.02. The molecule has 2 heterocycles. The Labute approximate surface area is 103 Å². The molecule has 5 nitrogen and oxygen atoms in total. The van der Waals surface area contributed by atoms with E-state index in [1.807, 2.05) is 11.4 Å². The maximum atomic E-state index is 8.90. The van der Waals surface area contributed by atoms with Crippen LogP contribution in [0.15, 0.2) is 17.9 Å². The lowest BCUT2D eigenvalue weighted by molar-refractivity contribution is 0.834. The van der Waals surface area contributed by atoms with E-state index in [0.29, 0.717) is 17.3 Å². The predicted octanol–water partition coefficient (Wildman–Crippen LogP) is 2.67. The maximum absolute atomic E-state index is 8.90. The third-order valence-corrected chi connectivity index (χ3v) is 2.95. The first-order valence-corrected chi connectivity index (χ1v) is 6.01. The van der Waals surface area contributed by atoms with E-state index in [0.717, 1.165) is 10.8 Å². The van der Waals surface area contributed by atoms with Gasteiger partial charge in [-0.15, -0.1) is 11.3 Å². The molecule has 0 aromatic carbocycles. The van der Waals surface area contributed by atoms with Gasteiger partial charge in [0.2, 0.25) is 0 Å². The Morgan fingerprint density at radius 2 is 2.29 bits per heavy atom. The van der Waals surface area contributed by atoms with E-state index in [4.69, 9.17) is 5.26 Å². The Balaban J connectivity index is 2.23. The minimum atomic E-state index is 0.391. The standard InChI is InChI=1S/C11H11N5S/c1-7(2)9-5-17-11(15-9)16-10-8(3-12)4-13-6-14-10/h4-7H,1-2H3,(H,13,14,15,16). The number of nitrogens with zero attached hydrogens (tertiary/aromatic N) is 4. The van der Waals surface area contributed by atoms with E-state index in [1.165, 1.54) is 23.9 Å². The van der Waals surface area contributed by atoms with Crippen molar-refractivity contribution in [2.75, 3.05) is 5.32 Å². The first kappa shape index (κ1) is 11.5. The van der Waals surface area contributed by atoms with Crippen molar-refractivity contribution < 1.29 is 0 Å². The van der Waals surface area contributed by atoms with Gasteiger partial charge in [-0.3, -0.25) is 0 Å². The number of aromatic nitrogens is 3. The van der Waals surface area contributed by atoms with Gasteiger partial charge in [0.25, 0.3) is 0 Å². The highest BCUT2D eigenvalue weighted by Crippen LogP contribution is 2.24. The fourth-order valence-electron chi connectivity index (χ4n) is 1.22. The molecule has 0 aliphatic heterocycles. The predicted molar refractivity (Wildman–Crippen MR) is 66.2 cm³/mol. The zero-order valence-electron chi connectivity index (χ0n) is 9.51.